The van der Waals surface area contributed by atoms with Gasteiger partial charge in [-0.1, -0.05) is 44.2 Å². The van der Waals surface area contributed by atoms with Gasteiger partial charge in [0.1, 0.15) is 6.61 Å². The predicted octanol–water partition coefficient (Wildman–Crippen LogP) is 2.76. The van der Waals surface area contributed by atoms with E-state index in [1.807, 2.05) is 44.2 Å². The number of rotatable bonds is 7. The Bertz CT molecular complexity index is 1490. The number of aromatic nitrogens is 3. The molecule has 0 unspecified atom stereocenters. The van der Waals surface area contributed by atoms with Gasteiger partial charge in [-0.05, 0) is 30.5 Å². The third kappa shape index (κ3) is 8.80. The topological polar surface area (TPSA) is 154 Å². The van der Waals surface area contributed by atoms with Gasteiger partial charge in [-0.15, -0.1) is 0 Å². The minimum absolute atomic E-state index is 0.0396. The Morgan fingerprint density at radius 2 is 1.82 bits per heavy atom. The number of nitrogens with zero attached hydrogens (tertiary/aromatic N) is 4. The quantitative estimate of drug-likeness (QED) is 0.380. The molecule has 4 rings (SSSR count). The van der Waals surface area contributed by atoms with Crippen molar-refractivity contribution in [1.82, 2.24) is 30.3 Å². The van der Waals surface area contributed by atoms with Crippen molar-refractivity contribution in [3.8, 4) is 22.9 Å². The average molecular weight is 621 g/mol. The zero-order valence-electron chi connectivity index (χ0n) is 26.1. The third-order valence-corrected chi connectivity index (χ3v) is 7.33. The van der Waals surface area contributed by atoms with Crippen molar-refractivity contribution in [2.75, 3.05) is 40.5 Å². The lowest BCUT2D eigenvalue weighted by molar-refractivity contribution is -0.141. The van der Waals surface area contributed by atoms with Crippen LogP contribution in [0.1, 0.15) is 55.3 Å². The van der Waals surface area contributed by atoms with E-state index < -0.39 is 17.9 Å². The second kappa shape index (κ2) is 15.7. The fourth-order valence-electron chi connectivity index (χ4n) is 4.90. The minimum Gasteiger partial charge on any atom is -0.493 e. The molecule has 1 aromatic heterocycles. The van der Waals surface area contributed by atoms with E-state index in [0.717, 1.165) is 5.56 Å². The van der Waals surface area contributed by atoms with Gasteiger partial charge in [-0.2, -0.15) is 5.10 Å². The number of fused-ring (bicyclic) bond motifs is 3. The van der Waals surface area contributed by atoms with Crippen LogP contribution in [-0.2, 0) is 25.7 Å². The van der Waals surface area contributed by atoms with E-state index >= 15 is 0 Å². The van der Waals surface area contributed by atoms with Crippen molar-refractivity contribution < 1.29 is 33.4 Å². The highest BCUT2D eigenvalue weighted by Crippen LogP contribution is 2.29. The Hall–Kier alpha value is -4.94. The zero-order chi connectivity index (χ0) is 32.3. The molecule has 0 saturated carbocycles. The number of benzene rings is 2. The summed E-state index contributed by atoms with van der Waals surface area (Å²) in [5, 5.41) is 10.6. The predicted molar refractivity (Wildman–Crippen MR) is 164 cm³/mol. The Morgan fingerprint density at radius 1 is 1.04 bits per heavy atom. The molecular formula is C32H40N6O7. The van der Waals surface area contributed by atoms with Crippen LogP contribution in [0.15, 0.2) is 48.5 Å². The van der Waals surface area contributed by atoms with Crippen LogP contribution in [0.25, 0.3) is 11.4 Å². The van der Waals surface area contributed by atoms with Crippen molar-refractivity contribution in [3.05, 3.63) is 59.9 Å². The average Bonchev–Trinajstić information content (AvgIpc) is 3.46. The summed E-state index contributed by atoms with van der Waals surface area (Å²) >= 11 is 0. The number of methoxy groups -OCH3 is 2. The number of carbonyl (C=O) groups is 4. The Morgan fingerprint density at radius 3 is 2.53 bits per heavy atom. The van der Waals surface area contributed by atoms with E-state index in [2.05, 4.69) is 15.4 Å². The fraction of sp³-hybridized carbons (Fsp3) is 0.438. The molecule has 3 amide bonds. The van der Waals surface area contributed by atoms with Gasteiger partial charge in [0.2, 0.25) is 11.8 Å². The minimum atomic E-state index is -0.535. The zero-order valence-corrected chi connectivity index (χ0v) is 26.1. The summed E-state index contributed by atoms with van der Waals surface area (Å²) in [5.41, 5.74) is 1.16. The fourth-order valence-corrected chi connectivity index (χ4v) is 4.90. The molecule has 1 aliphatic rings. The van der Waals surface area contributed by atoms with Gasteiger partial charge in [0.15, 0.2) is 23.1 Å². The standard InChI is InChI=1S/C32H40N6O7/c1-21(2)29-31-35-30(22-9-6-5-7-10-22)36-38(31)17-18-45-25-19-23(13-14-24(25)43-3)32(42)33-15-16-37(20-26(39)34-29)27(40)11-8-12-28(41)44-4/h5-7,9-10,13-14,19,21,29H,8,11-12,15-18,20H2,1-4H3,(H,33,42)(H,34,39)/t29-/m1/s1. The van der Waals surface area contributed by atoms with Gasteiger partial charge in [0, 0.05) is 37.1 Å². The maximum atomic E-state index is 13.5. The third-order valence-electron chi connectivity index (χ3n) is 7.33. The van der Waals surface area contributed by atoms with Crippen molar-refractivity contribution in [2.45, 2.75) is 45.7 Å². The van der Waals surface area contributed by atoms with Crippen molar-refractivity contribution in [2.24, 2.45) is 5.92 Å². The molecule has 1 atom stereocenters. The maximum Gasteiger partial charge on any atom is 0.305 e. The summed E-state index contributed by atoms with van der Waals surface area (Å²) in [6, 6.07) is 13.9. The maximum absolute atomic E-state index is 13.5. The smallest absolute Gasteiger partial charge is 0.305 e. The lowest BCUT2D eigenvalue weighted by atomic mass is 10.0. The second-order valence-corrected chi connectivity index (χ2v) is 10.9. The van der Waals surface area contributed by atoms with Crippen LogP contribution in [0.3, 0.4) is 0 Å². The first-order valence-electron chi connectivity index (χ1n) is 14.9. The van der Waals surface area contributed by atoms with Crippen molar-refractivity contribution in [1.29, 1.82) is 0 Å². The molecule has 13 nitrogen and oxygen atoms in total. The Kier molecular flexibility index (Phi) is 11.5. The van der Waals surface area contributed by atoms with Crippen LogP contribution in [0.2, 0.25) is 0 Å². The molecule has 2 aromatic carbocycles. The number of hydrogen-bond acceptors (Lipinski definition) is 9. The van der Waals surface area contributed by atoms with E-state index in [9.17, 15) is 19.2 Å². The van der Waals surface area contributed by atoms with E-state index in [1.54, 1.807) is 22.9 Å². The summed E-state index contributed by atoms with van der Waals surface area (Å²) in [6.45, 7) is 4.33. The normalized spacial score (nSPS) is 16.1. The van der Waals surface area contributed by atoms with Crippen LogP contribution in [0.4, 0.5) is 0 Å². The molecular weight excluding hydrogens is 580 g/mol. The van der Waals surface area contributed by atoms with E-state index in [4.69, 9.17) is 19.6 Å². The lowest BCUT2D eigenvalue weighted by Gasteiger charge is -2.26. The van der Waals surface area contributed by atoms with Crippen LogP contribution in [0.5, 0.6) is 11.5 Å². The lowest BCUT2D eigenvalue weighted by Crippen LogP contribution is -2.46. The van der Waals surface area contributed by atoms with E-state index in [1.165, 1.54) is 19.1 Å². The van der Waals surface area contributed by atoms with Gasteiger partial charge in [0.25, 0.3) is 5.91 Å². The molecule has 2 bridgehead atoms. The number of carbonyl (C=O) groups excluding carboxylic acids is 4. The van der Waals surface area contributed by atoms with Crippen LogP contribution < -0.4 is 20.1 Å². The highest BCUT2D eigenvalue weighted by Gasteiger charge is 2.27. The molecule has 1 aliphatic heterocycles. The van der Waals surface area contributed by atoms with Gasteiger partial charge < -0.3 is 29.7 Å². The van der Waals surface area contributed by atoms with Crippen molar-refractivity contribution in [3.63, 3.8) is 0 Å². The summed E-state index contributed by atoms with van der Waals surface area (Å²) in [7, 11) is 2.81. The number of esters is 1. The highest BCUT2D eigenvalue weighted by molar-refractivity contribution is 5.95. The number of ether oxygens (including phenoxy) is 3. The number of nitrogens with one attached hydrogen (secondary N) is 2. The van der Waals surface area contributed by atoms with Crippen molar-refractivity contribution >= 4 is 23.7 Å². The first kappa shape index (κ1) is 33.0. The summed E-state index contributed by atoms with van der Waals surface area (Å²) < 4.78 is 17.9. The van der Waals surface area contributed by atoms with E-state index in [0.29, 0.717) is 35.3 Å². The van der Waals surface area contributed by atoms with Gasteiger partial charge in [-0.3, -0.25) is 19.2 Å². The Balaban J connectivity index is 1.68. The van der Waals surface area contributed by atoms with Gasteiger partial charge >= 0.3 is 5.97 Å². The first-order chi connectivity index (χ1) is 21.7. The largest absolute Gasteiger partial charge is 0.493 e. The Labute approximate surface area is 262 Å². The van der Waals surface area contributed by atoms with Crippen LogP contribution in [-0.4, -0.2) is 83.8 Å². The SMILES string of the molecule is COC(=O)CCCC(=O)N1CCNC(=O)c2ccc(OC)c(c2)OCCn2nc(-c3ccccc3)nc2[C@@H](C(C)C)NC(=O)C1. The van der Waals surface area contributed by atoms with Gasteiger partial charge in [-0.25, -0.2) is 9.67 Å². The molecule has 3 aromatic rings. The number of hydrogen-bond donors (Lipinski definition) is 2. The summed E-state index contributed by atoms with van der Waals surface area (Å²) in [4.78, 5) is 57.5. The highest BCUT2D eigenvalue weighted by atomic mass is 16.5. The molecule has 2 heterocycles. The molecule has 13 heteroatoms. The monoisotopic (exact) mass is 620 g/mol. The van der Waals surface area contributed by atoms with Gasteiger partial charge in [0.05, 0.1) is 33.4 Å². The first-order valence-corrected chi connectivity index (χ1v) is 14.9. The van der Waals surface area contributed by atoms with E-state index in [-0.39, 0.29) is 63.2 Å². The van der Waals surface area contributed by atoms with Crippen LogP contribution >= 0.6 is 0 Å². The van der Waals surface area contributed by atoms with Crippen LogP contribution in [0, 0.1) is 5.92 Å². The molecule has 0 fully saturated rings. The summed E-state index contributed by atoms with van der Waals surface area (Å²) in [5.74, 6) is 0.297. The second-order valence-electron chi connectivity index (χ2n) is 10.9. The molecule has 0 spiro atoms. The molecule has 0 aliphatic carbocycles. The molecule has 2 N–H and O–H groups in total. The summed E-state index contributed by atoms with van der Waals surface area (Å²) in [6.07, 6.45) is 0.387. The molecule has 240 valence electrons. The molecule has 0 saturated heterocycles. The molecule has 45 heavy (non-hydrogen) atoms. The molecule has 0 radical (unpaired) electrons. The number of amides is 3.